The third kappa shape index (κ3) is 5.35. The molecule has 134 valence electrons. The molecule has 26 heavy (non-hydrogen) atoms. The van der Waals surface area contributed by atoms with Crippen molar-refractivity contribution in [3.63, 3.8) is 0 Å². The van der Waals surface area contributed by atoms with Crippen molar-refractivity contribution in [1.82, 2.24) is 15.5 Å². The first-order chi connectivity index (χ1) is 12.7. The van der Waals surface area contributed by atoms with Crippen LogP contribution in [-0.4, -0.2) is 29.0 Å². The fraction of sp³-hybridized carbons (Fsp3) is 0.211. The third-order valence-electron chi connectivity index (χ3n) is 3.60. The van der Waals surface area contributed by atoms with Gasteiger partial charge in [-0.15, -0.1) is 10.2 Å². The molecule has 0 bridgehead atoms. The van der Waals surface area contributed by atoms with Crippen LogP contribution in [0, 0.1) is 0 Å². The quantitative estimate of drug-likeness (QED) is 0.615. The summed E-state index contributed by atoms with van der Waals surface area (Å²) >= 11 is 1.23. The van der Waals surface area contributed by atoms with Crippen molar-refractivity contribution in [2.45, 2.75) is 18.2 Å². The number of thioether (sulfide) groups is 1. The van der Waals surface area contributed by atoms with Gasteiger partial charge in [0.05, 0.1) is 19.3 Å². The van der Waals surface area contributed by atoms with Crippen LogP contribution in [0.15, 0.2) is 64.2 Å². The first kappa shape index (κ1) is 18.0. The van der Waals surface area contributed by atoms with E-state index >= 15 is 0 Å². The van der Waals surface area contributed by atoms with Gasteiger partial charge in [0.2, 0.25) is 11.8 Å². The Morgan fingerprint density at radius 3 is 2.73 bits per heavy atom. The van der Waals surface area contributed by atoms with Crippen molar-refractivity contribution in [2.24, 2.45) is 0 Å². The summed E-state index contributed by atoms with van der Waals surface area (Å²) in [6.07, 6.45) is 0.580. The van der Waals surface area contributed by atoms with E-state index in [0.29, 0.717) is 24.1 Å². The van der Waals surface area contributed by atoms with E-state index < -0.39 is 0 Å². The predicted molar refractivity (Wildman–Crippen MR) is 99.1 cm³/mol. The Labute approximate surface area is 156 Å². The lowest BCUT2D eigenvalue weighted by molar-refractivity contribution is -0.118. The second-order valence-electron chi connectivity index (χ2n) is 5.54. The summed E-state index contributed by atoms with van der Waals surface area (Å²) in [5, 5.41) is 11.3. The highest BCUT2D eigenvalue weighted by atomic mass is 32.2. The standard InChI is InChI=1S/C19H19N3O3S/c1-24-16-9-5-8-15(10-16)12-20-17(23)13-26-19-22-21-18(25-19)11-14-6-3-2-4-7-14/h2-10H,11-13H2,1H3,(H,20,23). The number of nitrogens with one attached hydrogen (secondary N) is 1. The zero-order valence-corrected chi connectivity index (χ0v) is 15.2. The first-order valence-corrected chi connectivity index (χ1v) is 9.10. The average molecular weight is 369 g/mol. The van der Waals surface area contributed by atoms with Gasteiger partial charge in [-0.05, 0) is 23.3 Å². The summed E-state index contributed by atoms with van der Waals surface area (Å²) in [6.45, 7) is 0.444. The maximum atomic E-state index is 12.0. The summed E-state index contributed by atoms with van der Waals surface area (Å²) < 4.78 is 10.7. The molecule has 6 nitrogen and oxygen atoms in total. The van der Waals surface area contributed by atoms with E-state index in [0.717, 1.165) is 16.9 Å². The van der Waals surface area contributed by atoms with Gasteiger partial charge < -0.3 is 14.5 Å². The van der Waals surface area contributed by atoms with Crippen molar-refractivity contribution < 1.29 is 13.9 Å². The van der Waals surface area contributed by atoms with Gasteiger partial charge in [0, 0.05) is 6.54 Å². The smallest absolute Gasteiger partial charge is 0.277 e. The van der Waals surface area contributed by atoms with E-state index in [1.807, 2.05) is 54.6 Å². The zero-order valence-electron chi connectivity index (χ0n) is 14.3. The number of amides is 1. The maximum absolute atomic E-state index is 12.0. The van der Waals surface area contributed by atoms with E-state index in [4.69, 9.17) is 9.15 Å². The number of carbonyl (C=O) groups is 1. The Kier molecular flexibility index (Phi) is 6.27. The molecule has 0 atom stereocenters. The van der Waals surface area contributed by atoms with E-state index in [-0.39, 0.29) is 11.7 Å². The highest BCUT2D eigenvalue weighted by Crippen LogP contribution is 2.18. The summed E-state index contributed by atoms with van der Waals surface area (Å²) in [7, 11) is 1.62. The number of nitrogens with zero attached hydrogens (tertiary/aromatic N) is 2. The number of hydrogen-bond donors (Lipinski definition) is 1. The second kappa shape index (κ2) is 9.05. The molecule has 0 fully saturated rings. The monoisotopic (exact) mass is 369 g/mol. The molecule has 0 saturated carbocycles. The van der Waals surface area contributed by atoms with Gasteiger partial charge in [-0.3, -0.25) is 4.79 Å². The number of aromatic nitrogens is 2. The van der Waals surface area contributed by atoms with Crippen LogP contribution in [0.3, 0.4) is 0 Å². The molecule has 2 aromatic carbocycles. The number of methoxy groups -OCH3 is 1. The molecular weight excluding hydrogens is 350 g/mol. The molecule has 1 heterocycles. The molecule has 0 aliphatic heterocycles. The number of rotatable bonds is 8. The van der Waals surface area contributed by atoms with Gasteiger partial charge >= 0.3 is 0 Å². The van der Waals surface area contributed by atoms with Crippen molar-refractivity contribution in [3.05, 3.63) is 71.6 Å². The van der Waals surface area contributed by atoms with Crippen LogP contribution in [0.2, 0.25) is 0 Å². The normalized spacial score (nSPS) is 10.5. The SMILES string of the molecule is COc1cccc(CNC(=O)CSc2nnc(Cc3ccccc3)o2)c1. The number of hydrogen-bond acceptors (Lipinski definition) is 6. The van der Waals surface area contributed by atoms with Crippen LogP contribution < -0.4 is 10.1 Å². The van der Waals surface area contributed by atoms with Crippen molar-refractivity contribution in [3.8, 4) is 5.75 Å². The predicted octanol–water partition coefficient (Wildman–Crippen LogP) is 3.08. The topological polar surface area (TPSA) is 77.2 Å². The minimum atomic E-state index is -0.0966. The van der Waals surface area contributed by atoms with Crippen LogP contribution in [0.5, 0.6) is 5.75 Å². The van der Waals surface area contributed by atoms with Gasteiger partial charge in [0.25, 0.3) is 5.22 Å². The molecule has 0 unspecified atom stereocenters. The molecule has 1 N–H and O–H groups in total. The fourth-order valence-electron chi connectivity index (χ4n) is 2.30. The van der Waals surface area contributed by atoms with Crippen LogP contribution in [-0.2, 0) is 17.8 Å². The third-order valence-corrected chi connectivity index (χ3v) is 4.42. The molecule has 1 amide bonds. The van der Waals surface area contributed by atoms with Crippen molar-refractivity contribution >= 4 is 17.7 Å². The molecule has 3 aromatic rings. The Bertz CT molecular complexity index is 852. The molecule has 1 aromatic heterocycles. The van der Waals surface area contributed by atoms with E-state index in [9.17, 15) is 4.79 Å². The summed E-state index contributed by atoms with van der Waals surface area (Å²) in [6, 6.07) is 17.5. The number of carbonyl (C=O) groups excluding carboxylic acids is 1. The lowest BCUT2D eigenvalue weighted by Crippen LogP contribution is -2.24. The first-order valence-electron chi connectivity index (χ1n) is 8.11. The fourth-order valence-corrected chi connectivity index (χ4v) is 2.91. The summed E-state index contributed by atoms with van der Waals surface area (Å²) in [5.74, 6) is 1.43. The van der Waals surface area contributed by atoms with Gasteiger partial charge in [-0.1, -0.05) is 54.2 Å². The van der Waals surface area contributed by atoms with E-state index in [1.165, 1.54) is 11.8 Å². The minimum Gasteiger partial charge on any atom is -0.497 e. The van der Waals surface area contributed by atoms with Gasteiger partial charge in [-0.2, -0.15) is 0 Å². The number of benzene rings is 2. The Balaban J connectivity index is 1.44. The largest absolute Gasteiger partial charge is 0.497 e. The van der Waals surface area contributed by atoms with Crippen LogP contribution in [0.4, 0.5) is 0 Å². The van der Waals surface area contributed by atoms with Crippen LogP contribution in [0.1, 0.15) is 17.0 Å². The molecule has 0 spiro atoms. The second-order valence-corrected chi connectivity index (χ2v) is 6.47. The zero-order chi connectivity index (χ0) is 18.2. The highest BCUT2D eigenvalue weighted by molar-refractivity contribution is 7.99. The molecule has 0 aliphatic rings. The maximum Gasteiger partial charge on any atom is 0.277 e. The molecule has 0 aliphatic carbocycles. The van der Waals surface area contributed by atoms with Crippen molar-refractivity contribution in [1.29, 1.82) is 0 Å². The van der Waals surface area contributed by atoms with Crippen LogP contribution >= 0.6 is 11.8 Å². The highest BCUT2D eigenvalue weighted by Gasteiger charge is 2.10. The van der Waals surface area contributed by atoms with Crippen molar-refractivity contribution in [2.75, 3.05) is 12.9 Å². The Morgan fingerprint density at radius 2 is 1.92 bits per heavy atom. The van der Waals surface area contributed by atoms with E-state index in [2.05, 4.69) is 15.5 Å². The Hall–Kier alpha value is -2.80. The molecular formula is C19H19N3O3S. The summed E-state index contributed by atoms with van der Waals surface area (Å²) in [5.41, 5.74) is 2.08. The molecule has 7 heteroatoms. The van der Waals surface area contributed by atoms with Crippen LogP contribution in [0.25, 0.3) is 0 Å². The molecule has 0 radical (unpaired) electrons. The minimum absolute atomic E-state index is 0.0966. The lowest BCUT2D eigenvalue weighted by Gasteiger charge is -2.06. The molecule has 3 rings (SSSR count). The van der Waals surface area contributed by atoms with E-state index in [1.54, 1.807) is 7.11 Å². The average Bonchev–Trinajstić information content (AvgIpc) is 3.13. The van der Waals surface area contributed by atoms with Gasteiger partial charge in [0.1, 0.15) is 5.75 Å². The summed E-state index contributed by atoms with van der Waals surface area (Å²) in [4.78, 5) is 12.0. The Morgan fingerprint density at radius 1 is 1.12 bits per heavy atom. The van der Waals surface area contributed by atoms with Gasteiger partial charge in [-0.25, -0.2) is 0 Å². The lowest BCUT2D eigenvalue weighted by atomic mass is 10.2. The van der Waals surface area contributed by atoms with Gasteiger partial charge in [0.15, 0.2) is 0 Å². The number of ether oxygens (including phenoxy) is 1. The molecule has 0 saturated heterocycles.